The van der Waals surface area contributed by atoms with Gasteiger partial charge in [0.25, 0.3) is 0 Å². The molecule has 0 aliphatic heterocycles. The molecule has 0 unspecified atom stereocenters. The van der Waals surface area contributed by atoms with E-state index >= 15 is 0 Å². The van der Waals surface area contributed by atoms with Crippen LogP contribution in [-0.2, 0) is 0 Å². The number of aromatic nitrogens is 2. The summed E-state index contributed by atoms with van der Waals surface area (Å²) in [5, 5.41) is 8.71. The van der Waals surface area contributed by atoms with Crippen molar-refractivity contribution in [3.05, 3.63) is 24.0 Å². The molecular formula is C9H7N3O. The van der Waals surface area contributed by atoms with Gasteiger partial charge in [0.05, 0.1) is 30.6 Å². The summed E-state index contributed by atoms with van der Waals surface area (Å²) in [5.41, 5.74) is 2.13. The van der Waals surface area contributed by atoms with Crippen LogP contribution >= 0.6 is 0 Å². The molecule has 2 aromatic rings. The van der Waals surface area contributed by atoms with Crippen molar-refractivity contribution < 1.29 is 4.74 Å². The maximum atomic E-state index is 8.71. The van der Waals surface area contributed by atoms with Gasteiger partial charge in [0.1, 0.15) is 11.3 Å². The summed E-state index contributed by atoms with van der Waals surface area (Å²) in [6, 6.07) is 5.47. The zero-order valence-electron chi connectivity index (χ0n) is 7.03. The fourth-order valence-electron chi connectivity index (χ4n) is 1.24. The smallest absolute Gasteiger partial charge is 0.147 e. The van der Waals surface area contributed by atoms with Crippen LogP contribution in [0, 0.1) is 11.3 Å². The molecule has 0 spiro atoms. The second kappa shape index (κ2) is 2.79. The Morgan fingerprint density at radius 3 is 3.08 bits per heavy atom. The summed E-state index contributed by atoms with van der Waals surface area (Å²) in [6.45, 7) is 0. The van der Waals surface area contributed by atoms with Crippen molar-refractivity contribution in [2.75, 3.05) is 7.11 Å². The highest BCUT2D eigenvalue weighted by Crippen LogP contribution is 2.23. The van der Waals surface area contributed by atoms with Gasteiger partial charge >= 0.3 is 0 Å². The number of nitrogens with one attached hydrogen (secondary N) is 1. The predicted molar refractivity (Wildman–Crippen MR) is 47.4 cm³/mol. The molecule has 4 nitrogen and oxygen atoms in total. The van der Waals surface area contributed by atoms with Gasteiger partial charge in [-0.15, -0.1) is 0 Å². The molecule has 2 rings (SSSR count). The van der Waals surface area contributed by atoms with Gasteiger partial charge in [0.2, 0.25) is 0 Å². The first-order valence-electron chi connectivity index (χ1n) is 3.76. The fraction of sp³-hybridized carbons (Fsp3) is 0.111. The van der Waals surface area contributed by atoms with Crippen molar-refractivity contribution in [3.63, 3.8) is 0 Å². The number of imidazole rings is 1. The number of ether oxygens (including phenoxy) is 1. The number of aromatic amines is 1. The first-order valence-corrected chi connectivity index (χ1v) is 3.76. The Bertz CT molecular complexity index is 481. The summed E-state index contributed by atoms with van der Waals surface area (Å²) in [6.07, 6.45) is 1.58. The number of fused-ring (bicyclic) bond motifs is 1. The highest BCUT2D eigenvalue weighted by Gasteiger charge is 2.05. The molecule has 1 aromatic heterocycles. The van der Waals surface area contributed by atoms with E-state index in [1.54, 1.807) is 25.6 Å². The highest BCUT2D eigenvalue weighted by molar-refractivity contribution is 5.82. The lowest BCUT2D eigenvalue weighted by molar-refractivity contribution is 0.419. The molecule has 64 valence electrons. The van der Waals surface area contributed by atoms with E-state index in [0.29, 0.717) is 11.3 Å². The van der Waals surface area contributed by atoms with Crippen LogP contribution in [0.1, 0.15) is 5.56 Å². The Labute approximate surface area is 74.8 Å². The number of nitriles is 1. The molecule has 13 heavy (non-hydrogen) atoms. The lowest BCUT2D eigenvalue weighted by Gasteiger charge is -2.00. The second-order valence-corrected chi connectivity index (χ2v) is 2.59. The number of hydrogen-bond donors (Lipinski definition) is 1. The molecule has 0 saturated heterocycles. The predicted octanol–water partition coefficient (Wildman–Crippen LogP) is 1.44. The van der Waals surface area contributed by atoms with Gasteiger partial charge in [0.15, 0.2) is 0 Å². The molecule has 1 heterocycles. The van der Waals surface area contributed by atoms with Crippen LogP contribution in [0.15, 0.2) is 18.5 Å². The Kier molecular flexibility index (Phi) is 1.64. The number of hydrogen-bond acceptors (Lipinski definition) is 3. The average Bonchev–Trinajstić information content (AvgIpc) is 2.63. The van der Waals surface area contributed by atoms with E-state index in [2.05, 4.69) is 16.0 Å². The Morgan fingerprint density at radius 1 is 1.54 bits per heavy atom. The highest BCUT2D eigenvalue weighted by atomic mass is 16.5. The van der Waals surface area contributed by atoms with Gasteiger partial charge in [-0.2, -0.15) is 5.26 Å². The van der Waals surface area contributed by atoms with Gasteiger partial charge in [-0.25, -0.2) is 4.98 Å². The Morgan fingerprint density at radius 2 is 2.38 bits per heavy atom. The van der Waals surface area contributed by atoms with Crippen molar-refractivity contribution in [3.8, 4) is 11.8 Å². The van der Waals surface area contributed by atoms with Gasteiger partial charge in [-0.1, -0.05) is 0 Å². The van der Waals surface area contributed by atoms with Gasteiger partial charge < -0.3 is 9.72 Å². The van der Waals surface area contributed by atoms with Crippen molar-refractivity contribution in [1.82, 2.24) is 9.97 Å². The Hall–Kier alpha value is -2.02. The molecule has 1 aromatic carbocycles. The average molecular weight is 173 g/mol. The molecule has 0 saturated carbocycles. The van der Waals surface area contributed by atoms with Crippen molar-refractivity contribution >= 4 is 11.0 Å². The third-order valence-electron chi connectivity index (χ3n) is 1.84. The van der Waals surface area contributed by atoms with E-state index in [4.69, 9.17) is 10.00 Å². The number of rotatable bonds is 1. The van der Waals surface area contributed by atoms with Crippen LogP contribution in [0.4, 0.5) is 0 Å². The minimum absolute atomic E-state index is 0.564. The van der Waals surface area contributed by atoms with Gasteiger partial charge in [0, 0.05) is 6.07 Å². The summed E-state index contributed by atoms with van der Waals surface area (Å²) >= 11 is 0. The normalized spacial score (nSPS) is 9.85. The molecular weight excluding hydrogens is 166 g/mol. The maximum Gasteiger partial charge on any atom is 0.147 e. The number of methoxy groups -OCH3 is 1. The van der Waals surface area contributed by atoms with Crippen molar-refractivity contribution in [1.29, 1.82) is 5.26 Å². The number of benzene rings is 1. The third kappa shape index (κ3) is 1.11. The second-order valence-electron chi connectivity index (χ2n) is 2.59. The largest absolute Gasteiger partial charge is 0.494 e. The summed E-state index contributed by atoms with van der Waals surface area (Å²) in [5.74, 6) is 0.621. The lowest BCUT2D eigenvalue weighted by atomic mass is 10.2. The summed E-state index contributed by atoms with van der Waals surface area (Å²) in [7, 11) is 1.56. The number of H-pyrrole nitrogens is 1. The van der Waals surface area contributed by atoms with Crippen LogP contribution in [0.2, 0.25) is 0 Å². The van der Waals surface area contributed by atoms with Crippen LogP contribution < -0.4 is 4.74 Å². The minimum atomic E-state index is 0.564. The van der Waals surface area contributed by atoms with Gasteiger partial charge in [-0.3, -0.25) is 0 Å². The van der Waals surface area contributed by atoms with Crippen LogP contribution in [0.25, 0.3) is 11.0 Å². The Balaban J connectivity index is 2.79. The third-order valence-corrected chi connectivity index (χ3v) is 1.84. The molecule has 0 aliphatic rings. The van der Waals surface area contributed by atoms with Crippen molar-refractivity contribution in [2.45, 2.75) is 0 Å². The summed E-state index contributed by atoms with van der Waals surface area (Å²) < 4.78 is 5.09. The minimum Gasteiger partial charge on any atom is -0.494 e. The van der Waals surface area contributed by atoms with Crippen LogP contribution in [0.3, 0.4) is 0 Å². The zero-order valence-corrected chi connectivity index (χ0v) is 7.03. The monoisotopic (exact) mass is 173 g/mol. The zero-order chi connectivity index (χ0) is 9.26. The SMILES string of the molecule is COc1cc(C#N)cc2[nH]cnc12. The standard InChI is InChI=1S/C9H7N3O/c1-13-8-3-6(4-10)2-7-9(8)12-5-11-7/h2-3,5H,1H3,(H,11,12). The fourth-order valence-corrected chi connectivity index (χ4v) is 1.24. The van der Waals surface area contributed by atoms with Crippen LogP contribution in [-0.4, -0.2) is 17.1 Å². The first-order chi connectivity index (χ1) is 6.35. The van der Waals surface area contributed by atoms with E-state index < -0.39 is 0 Å². The summed E-state index contributed by atoms with van der Waals surface area (Å²) in [4.78, 5) is 7.00. The maximum absolute atomic E-state index is 8.71. The molecule has 0 fully saturated rings. The molecule has 0 aliphatic carbocycles. The van der Waals surface area contributed by atoms with E-state index in [-0.39, 0.29) is 0 Å². The van der Waals surface area contributed by atoms with E-state index in [1.807, 2.05) is 0 Å². The molecule has 0 atom stereocenters. The van der Waals surface area contributed by atoms with Crippen molar-refractivity contribution in [2.24, 2.45) is 0 Å². The van der Waals surface area contributed by atoms with Gasteiger partial charge in [-0.05, 0) is 6.07 Å². The number of nitrogens with zero attached hydrogens (tertiary/aromatic N) is 2. The molecule has 0 radical (unpaired) electrons. The molecule has 1 N–H and O–H groups in total. The quantitative estimate of drug-likeness (QED) is 0.709. The first kappa shape index (κ1) is 7.62. The molecule has 0 amide bonds. The van der Waals surface area contributed by atoms with E-state index in [1.165, 1.54) is 0 Å². The van der Waals surface area contributed by atoms with E-state index in [0.717, 1.165) is 11.0 Å². The topological polar surface area (TPSA) is 61.7 Å². The van der Waals surface area contributed by atoms with Crippen LogP contribution in [0.5, 0.6) is 5.75 Å². The van der Waals surface area contributed by atoms with E-state index in [9.17, 15) is 0 Å². The molecule has 4 heteroatoms. The molecule has 0 bridgehead atoms. The lowest BCUT2D eigenvalue weighted by Crippen LogP contribution is -1.86.